The topological polar surface area (TPSA) is 34.9 Å². The average molecular weight is 329 g/mol. The third kappa shape index (κ3) is 3.06. The molecule has 0 aliphatic carbocycles. The van der Waals surface area contributed by atoms with Crippen molar-refractivity contribution in [3.8, 4) is 5.69 Å². The molecule has 1 aromatic carbocycles. The van der Waals surface area contributed by atoms with Crippen LogP contribution >= 0.6 is 11.6 Å². The fraction of sp³-hybridized carbons (Fsp3) is 0.200. The van der Waals surface area contributed by atoms with E-state index in [2.05, 4.69) is 5.10 Å². The van der Waals surface area contributed by atoms with Gasteiger partial charge in [0.05, 0.1) is 17.4 Å². The number of rotatable bonds is 2. The van der Waals surface area contributed by atoms with Crippen LogP contribution in [0.3, 0.4) is 0 Å². The van der Waals surface area contributed by atoms with Gasteiger partial charge >= 0.3 is 6.18 Å². The van der Waals surface area contributed by atoms with Crippen LogP contribution < -0.4 is 5.56 Å². The van der Waals surface area contributed by atoms with Crippen LogP contribution in [0.15, 0.2) is 35.3 Å². The van der Waals surface area contributed by atoms with Gasteiger partial charge in [-0.2, -0.15) is 23.0 Å². The van der Waals surface area contributed by atoms with Crippen LogP contribution in [0.5, 0.6) is 0 Å². The monoisotopic (exact) mass is 328 g/mol. The Balaban J connectivity index is 2.62. The first-order chi connectivity index (χ1) is 10.3. The lowest BCUT2D eigenvalue weighted by molar-refractivity contribution is -0.138. The van der Waals surface area contributed by atoms with Gasteiger partial charge < -0.3 is 0 Å². The Labute approximate surface area is 129 Å². The van der Waals surface area contributed by atoms with Gasteiger partial charge in [-0.3, -0.25) is 4.79 Å². The van der Waals surface area contributed by atoms with Crippen LogP contribution in [-0.4, -0.2) is 9.78 Å². The van der Waals surface area contributed by atoms with Crippen LogP contribution in [-0.2, 0) is 6.18 Å². The van der Waals surface area contributed by atoms with E-state index in [0.29, 0.717) is 22.5 Å². The Kier molecular flexibility index (Phi) is 4.42. The van der Waals surface area contributed by atoms with Gasteiger partial charge in [-0.25, -0.2) is 0 Å². The molecule has 3 nitrogen and oxygen atoms in total. The molecule has 0 N–H and O–H groups in total. The molecule has 22 heavy (non-hydrogen) atoms. The summed E-state index contributed by atoms with van der Waals surface area (Å²) in [4.78, 5) is 12.1. The predicted octanol–water partition coefficient (Wildman–Crippen LogP) is 4.25. The maximum absolute atomic E-state index is 12.8. The largest absolute Gasteiger partial charge is 0.418 e. The summed E-state index contributed by atoms with van der Waals surface area (Å²) in [7, 11) is 0. The van der Waals surface area contributed by atoms with E-state index >= 15 is 0 Å². The molecule has 0 unspecified atom stereocenters. The molecule has 2 rings (SSSR count). The molecule has 0 saturated carbocycles. The molecule has 0 spiro atoms. The van der Waals surface area contributed by atoms with Gasteiger partial charge in [0.15, 0.2) is 0 Å². The van der Waals surface area contributed by atoms with Gasteiger partial charge in [-0.15, -0.1) is 0 Å². The summed E-state index contributed by atoms with van der Waals surface area (Å²) in [5.74, 6) is 0. The van der Waals surface area contributed by atoms with Crippen molar-refractivity contribution in [1.29, 1.82) is 0 Å². The lowest BCUT2D eigenvalue weighted by Crippen LogP contribution is -2.27. The zero-order chi connectivity index (χ0) is 16.5. The van der Waals surface area contributed by atoms with Crippen molar-refractivity contribution in [2.24, 2.45) is 0 Å². The van der Waals surface area contributed by atoms with Crippen molar-refractivity contribution in [3.05, 3.63) is 62.5 Å². The number of hydrogen-bond acceptors (Lipinski definition) is 2. The van der Waals surface area contributed by atoms with Crippen LogP contribution in [0.25, 0.3) is 11.8 Å². The number of halogens is 4. The summed E-state index contributed by atoms with van der Waals surface area (Å²) >= 11 is 6.01. The summed E-state index contributed by atoms with van der Waals surface area (Å²) in [5.41, 5.74) is -1.25. The van der Waals surface area contributed by atoms with Gasteiger partial charge in [0.1, 0.15) is 0 Å². The van der Waals surface area contributed by atoms with Crippen LogP contribution in [0, 0.1) is 6.92 Å². The van der Waals surface area contributed by atoms with E-state index in [1.165, 1.54) is 6.07 Å². The smallest absolute Gasteiger partial charge is 0.267 e. The van der Waals surface area contributed by atoms with Gasteiger partial charge in [0, 0.05) is 10.6 Å². The van der Waals surface area contributed by atoms with E-state index < -0.39 is 22.9 Å². The molecular formula is C15H12ClF3N2O. The Bertz CT molecular complexity index is 794. The lowest BCUT2D eigenvalue weighted by Gasteiger charge is -2.12. The van der Waals surface area contributed by atoms with E-state index in [4.69, 9.17) is 11.6 Å². The SMILES string of the molecule is C/C=C/c1cc(-n2ncc(C(F)(F)F)c(C)c2=O)ccc1Cl. The highest BCUT2D eigenvalue weighted by Gasteiger charge is 2.34. The van der Waals surface area contributed by atoms with E-state index in [0.717, 1.165) is 11.6 Å². The summed E-state index contributed by atoms with van der Waals surface area (Å²) in [6.45, 7) is 2.93. The van der Waals surface area contributed by atoms with E-state index in [9.17, 15) is 18.0 Å². The van der Waals surface area contributed by atoms with Crippen LogP contribution in [0.1, 0.15) is 23.6 Å². The molecule has 2 aromatic rings. The summed E-state index contributed by atoms with van der Waals surface area (Å²) in [6.07, 6.45) is -0.459. The molecule has 0 saturated heterocycles. The summed E-state index contributed by atoms with van der Waals surface area (Å²) in [5, 5.41) is 4.09. The number of allylic oxidation sites excluding steroid dienone is 1. The number of aromatic nitrogens is 2. The highest BCUT2D eigenvalue weighted by molar-refractivity contribution is 6.32. The van der Waals surface area contributed by atoms with Gasteiger partial charge in [-0.05, 0) is 37.6 Å². The molecule has 0 fully saturated rings. The minimum atomic E-state index is -4.61. The van der Waals surface area contributed by atoms with Crippen LogP contribution in [0.2, 0.25) is 5.02 Å². The fourth-order valence-electron chi connectivity index (χ4n) is 1.98. The second kappa shape index (κ2) is 5.96. The zero-order valence-electron chi connectivity index (χ0n) is 11.8. The summed E-state index contributed by atoms with van der Waals surface area (Å²) in [6, 6.07) is 4.67. The highest BCUT2D eigenvalue weighted by atomic mass is 35.5. The molecule has 116 valence electrons. The maximum Gasteiger partial charge on any atom is 0.418 e. The number of nitrogens with zero attached hydrogens (tertiary/aromatic N) is 2. The Morgan fingerprint density at radius 1 is 1.32 bits per heavy atom. The summed E-state index contributed by atoms with van der Waals surface area (Å²) < 4.78 is 39.2. The Morgan fingerprint density at radius 3 is 2.59 bits per heavy atom. The highest BCUT2D eigenvalue weighted by Crippen LogP contribution is 2.30. The first-order valence-corrected chi connectivity index (χ1v) is 6.72. The van der Waals surface area contributed by atoms with E-state index in [1.807, 2.05) is 0 Å². The number of benzene rings is 1. The molecule has 0 aliphatic rings. The number of alkyl halides is 3. The molecule has 0 aliphatic heterocycles. The normalized spacial score (nSPS) is 12.1. The van der Waals surface area contributed by atoms with Crippen molar-refractivity contribution >= 4 is 17.7 Å². The van der Waals surface area contributed by atoms with Crippen molar-refractivity contribution in [3.63, 3.8) is 0 Å². The van der Waals surface area contributed by atoms with Gasteiger partial charge in [0.25, 0.3) is 5.56 Å². The quantitative estimate of drug-likeness (QED) is 0.826. The minimum Gasteiger partial charge on any atom is -0.267 e. The van der Waals surface area contributed by atoms with Gasteiger partial charge in [0.2, 0.25) is 0 Å². The maximum atomic E-state index is 12.8. The molecule has 7 heteroatoms. The first-order valence-electron chi connectivity index (χ1n) is 6.34. The van der Waals surface area contributed by atoms with Gasteiger partial charge in [-0.1, -0.05) is 23.8 Å². The number of hydrogen-bond donors (Lipinski definition) is 0. The van der Waals surface area contributed by atoms with Crippen molar-refractivity contribution < 1.29 is 13.2 Å². The van der Waals surface area contributed by atoms with Crippen molar-refractivity contribution in [2.75, 3.05) is 0 Å². The predicted molar refractivity (Wildman–Crippen MR) is 79.3 cm³/mol. The standard InChI is InChI=1S/C15H12ClF3N2O/c1-3-4-10-7-11(5-6-13(10)16)21-14(22)9(2)12(8-20-21)15(17,18)19/h3-8H,1-2H3/b4-3+. The lowest BCUT2D eigenvalue weighted by atomic mass is 10.1. The fourth-order valence-corrected chi connectivity index (χ4v) is 2.16. The molecule has 0 bridgehead atoms. The zero-order valence-corrected chi connectivity index (χ0v) is 12.5. The average Bonchev–Trinajstić information content (AvgIpc) is 2.43. The van der Waals surface area contributed by atoms with Crippen molar-refractivity contribution in [2.45, 2.75) is 20.0 Å². The minimum absolute atomic E-state index is 0.347. The molecule has 1 heterocycles. The third-order valence-corrected chi connectivity index (χ3v) is 3.44. The third-order valence-electron chi connectivity index (χ3n) is 3.10. The molecule has 0 amide bonds. The Hall–Kier alpha value is -2.08. The first kappa shape index (κ1) is 16.3. The van der Waals surface area contributed by atoms with Crippen molar-refractivity contribution in [1.82, 2.24) is 9.78 Å². The van der Waals surface area contributed by atoms with E-state index in [-0.39, 0.29) is 0 Å². The second-order valence-corrected chi connectivity index (χ2v) is 5.01. The van der Waals surface area contributed by atoms with E-state index in [1.54, 1.807) is 31.2 Å². The molecule has 0 radical (unpaired) electrons. The second-order valence-electron chi connectivity index (χ2n) is 4.60. The van der Waals surface area contributed by atoms with Crippen LogP contribution in [0.4, 0.5) is 13.2 Å². The Morgan fingerprint density at radius 2 is 2.00 bits per heavy atom. The molecular weight excluding hydrogens is 317 g/mol. The molecule has 0 atom stereocenters. The molecule has 1 aromatic heterocycles.